The molecule has 1 heterocycles. The van der Waals surface area contributed by atoms with Gasteiger partial charge < -0.3 is 20.1 Å². The molecule has 2 N–H and O–H groups in total. The molecule has 0 radical (unpaired) electrons. The Balaban J connectivity index is 1.93. The van der Waals surface area contributed by atoms with Gasteiger partial charge in [0, 0.05) is 36.5 Å². The number of piperidine rings is 1. The molecule has 6 nitrogen and oxygen atoms in total. The highest BCUT2D eigenvalue weighted by Gasteiger charge is 2.49. The number of ether oxygens (including phenoxy) is 1. The zero-order valence-electron chi connectivity index (χ0n) is 17.3. The van der Waals surface area contributed by atoms with Crippen molar-refractivity contribution in [1.82, 2.24) is 10.2 Å². The number of alkyl carbamates (subject to hydrolysis) is 1. The normalized spacial score (nSPS) is 21.9. The molecule has 1 aliphatic heterocycles. The van der Waals surface area contributed by atoms with Gasteiger partial charge in [-0.3, -0.25) is 4.79 Å². The Bertz CT molecular complexity index is 712. The summed E-state index contributed by atoms with van der Waals surface area (Å²) in [6.45, 7) is 10.4. The van der Waals surface area contributed by atoms with Crippen LogP contribution >= 0.6 is 11.6 Å². The number of aliphatic hydroxyl groups is 1. The van der Waals surface area contributed by atoms with Gasteiger partial charge in [0.05, 0.1) is 5.60 Å². The molecular formula is C21H31ClN2O4. The highest BCUT2D eigenvalue weighted by Crippen LogP contribution is 2.46. The number of benzene rings is 1. The van der Waals surface area contributed by atoms with Crippen LogP contribution in [0.3, 0.4) is 0 Å². The molecule has 2 amide bonds. The second-order valence-electron chi connectivity index (χ2n) is 9.00. The van der Waals surface area contributed by atoms with E-state index >= 15 is 0 Å². The summed E-state index contributed by atoms with van der Waals surface area (Å²) < 4.78 is 5.17. The number of nitrogens with one attached hydrogen (secondary N) is 1. The van der Waals surface area contributed by atoms with Crippen molar-refractivity contribution in [3.63, 3.8) is 0 Å². The first-order chi connectivity index (χ1) is 12.8. The number of carbonyl (C=O) groups excluding carboxylic acids is 2. The maximum Gasteiger partial charge on any atom is 0.407 e. The van der Waals surface area contributed by atoms with Gasteiger partial charge in [0.25, 0.3) is 0 Å². The van der Waals surface area contributed by atoms with Gasteiger partial charge in [-0.15, -0.1) is 0 Å². The number of nitrogens with zero attached hydrogens (tertiary/aromatic N) is 1. The van der Waals surface area contributed by atoms with Crippen molar-refractivity contribution in [1.29, 1.82) is 0 Å². The second kappa shape index (κ2) is 8.29. The van der Waals surface area contributed by atoms with E-state index in [0.717, 1.165) is 5.56 Å². The zero-order valence-corrected chi connectivity index (χ0v) is 18.1. The predicted octanol–water partition coefficient (Wildman–Crippen LogP) is 3.70. The van der Waals surface area contributed by atoms with E-state index < -0.39 is 22.7 Å². The van der Waals surface area contributed by atoms with Crippen molar-refractivity contribution in [2.45, 2.75) is 58.7 Å². The molecular weight excluding hydrogens is 380 g/mol. The van der Waals surface area contributed by atoms with Crippen molar-refractivity contribution in [3.05, 3.63) is 34.9 Å². The molecule has 2 rings (SSSR count). The molecule has 0 aliphatic carbocycles. The van der Waals surface area contributed by atoms with Crippen LogP contribution in [0.15, 0.2) is 24.3 Å². The molecule has 1 saturated heterocycles. The van der Waals surface area contributed by atoms with Gasteiger partial charge in [0.15, 0.2) is 0 Å². The molecule has 1 fully saturated rings. The highest BCUT2D eigenvalue weighted by molar-refractivity contribution is 6.30. The Morgan fingerprint density at radius 3 is 2.39 bits per heavy atom. The Morgan fingerprint density at radius 1 is 1.25 bits per heavy atom. The molecule has 1 aromatic carbocycles. The molecule has 1 aliphatic rings. The van der Waals surface area contributed by atoms with Crippen LogP contribution in [-0.2, 0) is 15.1 Å². The van der Waals surface area contributed by atoms with Gasteiger partial charge >= 0.3 is 6.09 Å². The van der Waals surface area contributed by atoms with E-state index in [1.165, 1.54) is 0 Å². The first kappa shape index (κ1) is 22.5. The monoisotopic (exact) mass is 410 g/mol. The Morgan fingerprint density at radius 2 is 1.86 bits per heavy atom. The molecule has 7 heteroatoms. The average Bonchev–Trinajstić information content (AvgIpc) is 2.56. The van der Waals surface area contributed by atoms with Crippen molar-refractivity contribution in [2.75, 3.05) is 19.6 Å². The molecule has 0 unspecified atom stereocenters. The fraction of sp³-hybridized carbons (Fsp3) is 0.619. The number of amides is 2. The van der Waals surface area contributed by atoms with Gasteiger partial charge in [-0.25, -0.2) is 4.79 Å². The summed E-state index contributed by atoms with van der Waals surface area (Å²) in [4.78, 5) is 26.0. The van der Waals surface area contributed by atoms with Crippen molar-refractivity contribution >= 4 is 23.6 Å². The van der Waals surface area contributed by atoms with Crippen LogP contribution in [0.4, 0.5) is 4.79 Å². The summed E-state index contributed by atoms with van der Waals surface area (Å²) in [7, 11) is 0. The summed E-state index contributed by atoms with van der Waals surface area (Å²) >= 11 is 5.96. The lowest BCUT2D eigenvalue weighted by Crippen LogP contribution is -2.56. The molecule has 1 aromatic rings. The summed E-state index contributed by atoms with van der Waals surface area (Å²) in [5.41, 5.74) is -1.34. The Hall–Kier alpha value is -1.79. The van der Waals surface area contributed by atoms with Gasteiger partial charge in [0.2, 0.25) is 5.91 Å². The van der Waals surface area contributed by atoms with Crippen LogP contribution in [0, 0.1) is 5.41 Å². The Kier molecular flexibility index (Phi) is 6.66. The molecule has 0 aromatic heterocycles. The minimum atomic E-state index is -1.04. The lowest BCUT2D eigenvalue weighted by molar-refractivity contribution is -0.153. The molecule has 0 bridgehead atoms. The van der Waals surface area contributed by atoms with Gasteiger partial charge in [-0.1, -0.05) is 37.6 Å². The van der Waals surface area contributed by atoms with Crippen LogP contribution in [0.25, 0.3) is 0 Å². The zero-order chi connectivity index (χ0) is 21.2. The number of rotatable bonds is 4. The standard InChI is InChI=1S/C21H31ClN2O4/c1-19(2,3)28-18(26)23-12-10-17(25)24-13-11-21(27,20(4,5)14-24)15-6-8-16(22)9-7-15/h6-9,27H,10-14H2,1-5H3,(H,23,26)/t21-/m0/s1. The predicted molar refractivity (Wildman–Crippen MR) is 109 cm³/mol. The molecule has 0 spiro atoms. The SMILES string of the molecule is CC(C)(C)OC(=O)NCCC(=O)N1CC[C@](O)(c2ccc(Cl)cc2)C(C)(C)C1. The maximum absolute atomic E-state index is 12.6. The number of likely N-dealkylation sites (tertiary alicyclic amines) is 1. The van der Waals surface area contributed by atoms with Gasteiger partial charge in [-0.2, -0.15) is 0 Å². The minimum absolute atomic E-state index is 0.0534. The second-order valence-corrected chi connectivity index (χ2v) is 9.43. The number of hydrogen-bond donors (Lipinski definition) is 2. The van der Waals surface area contributed by atoms with Crippen molar-refractivity contribution in [3.8, 4) is 0 Å². The van der Waals surface area contributed by atoms with Crippen LogP contribution in [0.1, 0.15) is 53.0 Å². The molecule has 1 atom stereocenters. The lowest BCUT2D eigenvalue weighted by atomic mass is 9.66. The van der Waals surface area contributed by atoms with Gasteiger partial charge in [-0.05, 0) is 44.9 Å². The quantitative estimate of drug-likeness (QED) is 0.793. The number of hydrogen-bond acceptors (Lipinski definition) is 4. The maximum atomic E-state index is 12.6. The largest absolute Gasteiger partial charge is 0.444 e. The third kappa shape index (κ3) is 5.39. The summed E-state index contributed by atoms with van der Waals surface area (Å²) in [5.74, 6) is -0.0534. The van der Waals surface area contributed by atoms with E-state index in [4.69, 9.17) is 16.3 Å². The van der Waals surface area contributed by atoms with E-state index in [9.17, 15) is 14.7 Å². The van der Waals surface area contributed by atoms with E-state index in [1.54, 1.807) is 37.8 Å². The first-order valence-electron chi connectivity index (χ1n) is 9.57. The van der Waals surface area contributed by atoms with E-state index in [0.29, 0.717) is 24.5 Å². The van der Waals surface area contributed by atoms with Crippen LogP contribution in [-0.4, -0.2) is 47.2 Å². The third-order valence-electron chi connectivity index (χ3n) is 5.13. The summed E-state index contributed by atoms with van der Waals surface area (Å²) in [6, 6.07) is 7.22. The van der Waals surface area contributed by atoms with Gasteiger partial charge in [0.1, 0.15) is 5.60 Å². The van der Waals surface area contributed by atoms with Crippen LogP contribution in [0.2, 0.25) is 5.02 Å². The van der Waals surface area contributed by atoms with Crippen molar-refractivity contribution < 1.29 is 19.4 Å². The smallest absolute Gasteiger partial charge is 0.407 e. The Labute approximate surface area is 172 Å². The number of carbonyl (C=O) groups is 2. The fourth-order valence-corrected chi connectivity index (χ4v) is 3.67. The summed E-state index contributed by atoms with van der Waals surface area (Å²) in [6.07, 6.45) is 0.0954. The third-order valence-corrected chi connectivity index (χ3v) is 5.38. The average molecular weight is 411 g/mol. The minimum Gasteiger partial charge on any atom is -0.444 e. The lowest BCUT2D eigenvalue weighted by Gasteiger charge is -2.50. The fourth-order valence-electron chi connectivity index (χ4n) is 3.54. The number of halogens is 1. The van der Waals surface area contributed by atoms with E-state index in [1.807, 2.05) is 26.0 Å². The first-order valence-corrected chi connectivity index (χ1v) is 9.95. The van der Waals surface area contributed by atoms with E-state index in [-0.39, 0.29) is 18.9 Å². The highest BCUT2D eigenvalue weighted by atomic mass is 35.5. The molecule has 156 valence electrons. The van der Waals surface area contributed by atoms with E-state index in [2.05, 4.69) is 5.32 Å². The van der Waals surface area contributed by atoms with Crippen molar-refractivity contribution in [2.24, 2.45) is 5.41 Å². The molecule has 0 saturated carbocycles. The topological polar surface area (TPSA) is 78.9 Å². The summed E-state index contributed by atoms with van der Waals surface area (Å²) in [5, 5.41) is 14.6. The molecule has 28 heavy (non-hydrogen) atoms. The van der Waals surface area contributed by atoms with Crippen LogP contribution in [0.5, 0.6) is 0 Å². The van der Waals surface area contributed by atoms with Crippen LogP contribution < -0.4 is 5.32 Å².